The standard InChI is InChI=1S/C15H22N2O3/c1-2-14(15(19)20)17-8-6-16(7-9-17)11-12-4-3-5-13(18)10-12/h3-5,10,14,18H,2,6-9,11H2,1H3,(H,19,20)/t14-/m1/s1. The molecule has 1 heterocycles. The normalized spacial score (nSPS) is 18.9. The zero-order valence-corrected chi connectivity index (χ0v) is 11.8. The molecule has 5 nitrogen and oxygen atoms in total. The fraction of sp³-hybridized carbons (Fsp3) is 0.533. The number of benzene rings is 1. The maximum absolute atomic E-state index is 11.2. The average molecular weight is 278 g/mol. The number of aromatic hydroxyl groups is 1. The molecule has 1 atom stereocenters. The van der Waals surface area contributed by atoms with Crippen LogP contribution in [-0.2, 0) is 11.3 Å². The molecule has 1 aliphatic heterocycles. The summed E-state index contributed by atoms with van der Waals surface area (Å²) in [4.78, 5) is 15.5. The van der Waals surface area contributed by atoms with Crippen LogP contribution >= 0.6 is 0 Å². The van der Waals surface area contributed by atoms with Gasteiger partial charge in [0.2, 0.25) is 0 Å². The molecule has 0 unspecified atom stereocenters. The van der Waals surface area contributed by atoms with Gasteiger partial charge in [0, 0.05) is 32.7 Å². The number of rotatable bonds is 5. The van der Waals surface area contributed by atoms with Gasteiger partial charge in [-0.15, -0.1) is 0 Å². The van der Waals surface area contributed by atoms with Gasteiger partial charge in [-0.2, -0.15) is 0 Å². The van der Waals surface area contributed by atoms with Crippen LogP contribution in [0.1, 0.15) is 18.9 Å². The van der Waals surface area contributed by atoms with E-state index in [0.29, 0.717) is 6.42 Å². The quantitative estimate of drug-likeness (QED) is 0.852. The van der Waals surface area contributed by atoms with E-state index in [2.05, 4.69) is 4.90 Å². The zero-order valence-electron chi connectivity index (χ0n) is 11.8. The average Bonchev–Trinajstić information content (AvgIpc) is 2.41. The highest BCUT2D eigenvalue weighted by Crippen LogP contribution is 2.15. The van der Waals surface area contributed by atoms with Gasteiger partial charge in [0.05, 0.1) is 0 Å². The molecule has 2 rings (SSSR count). The summed E-state index contributed by atoms with van der Waals surface area (Å²) in [7, 11) is 0. The van der Waals surface area contributed by atoms with Gasteiger partial charge in [-0.1, -0.05) is 19.1 Å². The summed E-state index contributed by atoms with van der Waals surface area (Å²) < 4.78 is 0. The van der Waals surface area contributed by atoms with Crippen molar-refractivity contribution in [1.29, 1.82) is 0 Å². The number of hydrogen-bond acceptors (Lipinski definition) is 4. The van der Waals surface area contributed by atoms with Crippen molar-refractivity contribution in [2.75, 3.05) is 26.2 Å². The van der Waals surface area contributed by atoms with E-state index in [9.17, 15) is 15.0 Å². The first kappa shape index (κ1) is 14.8. The molecule has 2 N–H and O–H groups in total. The minimum atomic E-state index is -0.728. The van der Waals surface area contributed by atoms with E-state index in [1.807, 2.05) is 24.0 Å². The van der Waals surface area contributed by atoms with E-state index in [0.717, 1.165) is 38.3 Å². The largest absolute Gasteiger partial charge is 0.508 e. The summed E-state index contributed by atoms with van der Waals surface area (Å²) in [6.45, 7) is 6.00. The maximum Gasteiger partial charge on any atom is 0.320 e. The van der Waals surface area contributed by atoms with Crippen LogP contribution in [0.25, 0.3) is 0 Å². The summed E-state index contributed by atoms with van der Waals surface area (Å²) in [6.07, 6.45) is 0.641. The Hall–Kier alpha value is -1.59. The molecule has 0 radical (unpaired) electrons. The number of carboxylic acids is 1. The molecular weight excluding hydrogens is 256 g/mol. The van der Waals surface area contributed by atoms with Crippen molar-refractivity contribution in [3.8, 4) is 5.75 Å². The number of hydrogen-bond donors (Lipinski definition) is 2. The highest BCUT2D eigenvalue weighted by Gasteiger charge is 2.27. The number of carboxylic acid groups (broad SMARTS) is 1. The predicted molar refractivity (Wildman–Crippen MR) is 76.7 cm³/mol. The molecule has 1 aromatic rings. The zero-order chi connectivity index (χ0) is 14.5. The third-order valence-corrected chi connectivity index (χ3v) is 3.84. The van der Waals surface area contributed by atoms with Gasteiger partial charge in [0.15, 0.2) is 0 Å². The van der Waals surface area contributed by atoms with Crippen LogP contribution in [0.4, 0.5) is 0 Å². The predicted octanol–water partition coefficient (Wildman–Crippen LogP) is 1.37. The van der Waals surface area contributed by atoms with Gasteiger partial charge in [-0.05, 0) is 24.1 Å². The van der Waals surface area contributed by atoms with Crippen LogP contribution in [0, 0.1) is 0 Å². The third-order valence-electron chi connectivity index (χ3n) is 3.84. The van der Waals surface area contributed by atoms with Crippen molar-refractivity contribution in [2.45, 2.75) is 25.9 Å². The number of carbonyl (C=O) groups is 1. The van der Waals surface area contributed by atoms with E-state index < -0.39 is 5.97 Å². The second kappa shape index (κ2) is 6.72. The van der Waals surface area contributed by atoms with Crippen molar-refractivity contribution in [3.63, 3.8) is 0 Å². The number of phenolic OH excluding ortho intramolecular Hbond substituents is 1. The minimum absolute atomic E-state index is 0.290. The van der Waals surface area contributed by atoms with E-state index >= 15 is 0 Å². The van der Waals surface area contributed by atoms with Crippen LogP contribution in [-0.4, -0.2) is 58.2 Å². The van der Waals surface area contributed by atoms with Gasteiger partial charge < -0.3 is 10.2 Å². The van der Waals surface area contributed by atoms with Gasteiger partial charge in [0.1, 0.15) is 11.8 Å². The summed E-state index contributed by atoms with van der Waals surface area (Å²) in [5.41, 5.74) is 1.09. The maximum atomic E-state index is 11.2. The molecule has 110 valence electrons. The lowest BCUT2D eigenvalue weighted by Gasteiger charge is -2.37. The summed E-state index contributed by atoms with van der Waals surface area (Å²) in [5.74, 6) is -0.438. The fourth-order valence-electron chi connectivity index (χ4n) is 2.74. The molecule has 1 aliphatic rings. The van der Waals surface area contributed by atoms with Crippen LogP contribution in [0.2, 0.25) is 0 Å². The topological polar surface area (TPSA) is 64.0 Å². The van der Waals surface area contributed by atoms with Gasteiger partial charge in [-0.25, -0.2) is 0 Å². The molecule has 0 amide bonds. The molecule has 1 saturated heterocycles. The van der Waals surface area contributed by atoms with Crippen molar-refractivity contribution < 1.29 is 15.0 Å². The molecule has 0 bridgehead atoms. The van der Waals surface area contributed by atoms with Gasteiger partial charge in [0.25, 0.3) is 0 Å². The molecule has 0 aromatic heterocycles. The second-order valence-corrected chi connectivity index (χ2v) is 5.24. The molecule has 0 aliphatic carbocycles. The first-order valence-corrected chi connectivity index (χ1v) is 7.07. The smallest absolute Gasteiger partial charge is 0.320 e. The van der Waals surface area contributed by atoms with Crippen molar-refractivity contribution in [2.24, 2.45) is 0 Å². The lowest BCUT2D eigenvalue weighted by molar-refractivity contribution is -0.144. The minimum Gasteiger partial charge on any atom is -0.508 e. The second-order valence-electron chi connectivity index (χ2n) is 5.24. The molecule has 5 heteroatoms. The van der Waals surface area contributed by atoms with E-state index in [-0.39, 0.29) is 11.8 Å². The van der Waals surface area contributed by atoms with E-state index in [1.165, 1.54) is 0 Å². The van der Waals surface area contributed by atoms with Crippen molar-refractivity contribution >= 4 is 5.97 Å². The summed E-state index contributed by atoms with van der Waals surface area (Å²) in [6, 6.07) is 6.92. The van der Waals surface area contributed by atoms with Crippen LogP contribution in [0.15, 0.2) is 24.3 Å². The van der Waals surface area contributed by atoms with Gasteiger partial charge >= 0.3 is 5.97 Å². The number of aliphatic carboxylic acids is 1. The number of piperazine rings is 1. The molecular formula is C15H22N2O3. The Morgan fingerprint density at radius 2 is 2.00 bits per heavy atom. The van der Waals surface area contributed by atoms with Crippen molar-refractivity contribution in [1.82, 2.24) is 9.80 Å². The van der Waals surface area contributed by atoms with E-state index in [4.69, 9.17) is 0 Å². The van der Waals surface area contributed by atoms with E-state index in [1.54, 1.807) is 12.1 Å². The number of phenols is 1. The van der Waals surface area contributed by atoms with Crippen LogP contribution in [0.3, 0.4) is 0 Å². The Labute approximate surface area is 119 Å². The Kier molecular flexibility index (Phi) is 4.98. The van der Waals surface area contributed by atoms with Crippen LogP contribution in [0.5, 0.6) is 5.75 Å². The fourth-order valence-corrected chi connectivity index (χ4v) is 2.74. The lowest BCUT2D eigenvalue weighted by atomic mass is 10.1. The van der Waals surface area contributed by atoms with Crippen LogP contribution < -0.4 is 0 Å². The molecule has 20 heavy (non-hydrogen) atoms. The molecule has 0 spiro atoms. The third kappa shape index (κ3) is 3.71. The monoisotopic (exact) mass is 278 g/mol. The Bertz CT molecular complexity index is 456. The van der Waals surface area contributed by atoms with Crippen molar-refractivity contribution in [3.05, 3.63) is 29.8 Å². The SMILES string of the molecule is CC[C@H](C(=O)O)N1CCN(Cc2cccc(O)c2)CC1. The molecule has 1 fully saturated rings. The highest BCUT2D eigenvalue weighted by atomic mass is 16.4. The molecule has 0 saturated carbocycles. The first-order valence-electron chi connectivity index (χ1n) is 7.07. The molecule has 1 aromatic carbocycles. The Morgan fingerprint density at radius 1 is 1.30 bits per heavy atom. The number of nitrogens with zero attached hydrogens (tertiary/aromatic N) is 2. The Balaban J connectivity index is 1.86. The lowest BCUT2D eigenvalue weighted by Crippen LogP contribution is -2.52. The summed E-state index contributed by atoms with van der Waals surface area (Å²) in [5, 5.41) is 18.6. The summed E-state index contributed by atoms with van der Waals surface area (Å²) >= 11 is 0. The Morgan fingerprint density at radius 3 is 2.55 bits per heavy atom. The van der Waals surface area contributed by atoms with Gasteiger partial charge in [-0.3, -0.25) is 14.6 Å². The highest BCUT2D eigenvalue weighted by molar-refractivity contribution is 5.73. The first-order chi connectivity index (χ1) is 9.60.